The lowest BCUT2D eigenvalue weighted by molar-refractivity contribution is -0.384. The van der Waals surface area contributed by atoms with Gasteiger partial charge in [0.25, 0.3) is 11.8 Å². The fraction of sp³-hybridized carbons (Fsp3) is 0.306. The molecule has 0 spiro atoms. The van der Waals surface area contributed by atoms with Gasteiger partial charge in [0.1, 0.15) is 17.5 Å². The number of piperazine rings is 1. The summed E-state index contributed by atoms with van der Waals surface area (Å²) in [4.78, 5) is 82.3. The van der Waals surface area contributed by atoms with Crippen LogP contribution in [0.15, 0.2) is 109 Å². The Bertz CT molecular complexity index is 2990. The number of aromatic nitrogens is 5. The van der Waals surface area contributed by atoms with Crippen LogP contribution in [0.4, 0.5) is 35.0 Å². The highest BCUT2D eigenvalue weighted by atomic mass is 35.5. The van der Waals surface area contributed by atoms with E-state index in [4.69, 9.17) is 16.3 Å². The van der Waals surface area contributed by atoms with E-state index in [1.165, 1.54) is 31.3 Å². The van der Waals surface area contributed by atoms with Crippen LogP contribution in [0.1, 0.15) is 71.4 Å². The van der Waals surface area contributed by atoms with E-state index < -0.39 is 45.6 Å². The first-order valence-corrected chi connectivity index (χ1v) is 22.8. The van der Waals surface area contributed by atoms with Crippen molar-refractivity contribution >= 4 is 58.2 Å². The first kappa shape index (κ1) is 49.5. The number of carbonyl (C=O) groups is 4. The lowest BCUT2D eigenvalue weighted by atomic mass is 9.95. The van der Waals surface area contributed by atoms with Crippen molar-refractivity contribution in [1.29, 1.82) is 0 Å². The molecule has 0 atom stereocenters. The van der Waals surface area contributed by atoms with Gasteiger partial charge in [-0.25, -0.2) is 24.4 Å². The SMILES string of the molecule is Cn1c(-c2cn(-c3cc(N=C(c4ccccc4)c4ccccc4)c([N+](=O)[O-])cn3)nc2C(F)(F)F)cnc1C(=O)Nc1ccc(C(=O)N2CCN(C(=O)C3CCN(C(=O)OC(C)(C)C)CC3)CC2)c(Cl)c1. The Labute approximate surface area is 409 Å². The number of alkyl halides is 3. The van der Waals surface area contributed by atoms with Gasteiger partial charge in [0.2, 0.25) is 5.91 Å². The largest absolute Gasteiger partial charge is 0.444 e. The Hall–Kier alpha value is -7.94. The van der Waals surface area contributed by atoms with E-state index in [-0.39, 0.29) is 70.1 Å². The van der Waals surface area contributed by atoms with Crippen LogP contribution in [0.3, 0.4) is 0 Å². The highest BCUT2D eigenvalue weighted by Crippen LogP contribution is 2.38. The fourth-order valence-electron chi connectivity index (χ4n) is 8.30. The molecule has 71 heavy (non-hydrogen) atoms. The molecule has 0 radical (unpaired) electrons. The van der Waals surface area contributed by atoms with Crippen molar-refractivity contribution in [2.24, 2.45) is 18.0 Å². The van der Waals surface area contributed by atoms with E-state index in [2.05, 4.69) is 25.4 Å². The molecule has 0 bridgehead atoms. The normalized spacial score (nSPS) is 14.5. The van der Waals surface area contributed by atoms with Crippen molar-refractivity contribution in [1.82, 2.24) is 39.0 Å². The zero-order valence-electron chi connectivity index (χ0n) is 38.9. The number of nitro groups is 1. The predicted molar refractivity (Wildman–Crippen MR) is 256 cm³/mol. The van der Waals surface area contributed by atoms with E-state index in [9.17, 15) is 42.5 Å². The van der Waals surface area contributed by atoms with Crippen LogP contribution in [0, 0.1) is 16.0 Å². The molecule has 368 valence electrons. The molecule has 0 aliphatic carbocycles. The molecule has 2 aliphatic heterocycles. The van der Waals surface area contributed by atoms with Gasteiger partial charge in [0.05, 0.1) is 38.7 Å². The zero-order chi connectivity index (χ0) is 50.8. The quantitative estimate of drug-likeness (QED) is 0.0786. The van der Waals surface area contributed by atoms with E-state index in [0.29, 0.717) is 55.9 Å². The van der Waals surface area contributed by atoms with Crippen LogP contribution in [-0.2, 0) is 22.8 Å². The molecule has 4 amide bonds. The van der Waals surface area contributed by atoms with Crippen molar-refractivity contribution in [3.63, 3.8) is 0 Å². The fourth-order valence-corrected chi connectivity index (χ4v) is 8.56. The minimum absolute atomic E-state index is 0.0215. The van der Waals surface area contributed by atoms with Crippen LogP contribution in [0.25, 0.3) is 17.1 Å². The number of piperidine rings is 1. The summed E-state index contributed by atoms with van der Waals surface area (Å²) >= 11 is 6.58. The second-order valence-corrected chi connectivity index (χ2v) is 18.3. The Morgan fingerprint density at radius 1 is 0.831 bits per heavy atom. The Morgan fingerprint density at radius 2 is 1.45 bits per heavy atom. The zero-order valence-corrected chi connectivity index (χ0v) is 39.6. The third-order valence-corrected chi connectivity index (χ3v) is 12.2. The lowest BCUT2D eigenvalue weighted by Gasteiger charge is -2.38. The van der Waals surface area contributed by atoms with E-state index >= 15 is 0 Å². The Kier molecular flexibility index (Phi) is 14.1. The van der Waals surface area contributed by atoms with Crippen LogP contribution < -0.4 is 5.32 Å². The number of likely N-dealkylation sites (tertiary alicyclic amines) is 1. The number of rotatable bonds is 10. The van der Waals surface area contributed by atoms with Crippen molar-refractivity contribution < 1.29 is 42.0 Å². The van der Waals surface area contributed by atoms with Crippen molar-refractivity contribution in [3.8, 4) is 17.1 Å². The molecule has 3 aromatic carbocycles. The molecule has 8 rings (SSSR count). The van der Waals surface area contributed by atoms with Gasteiger partial charge in [0.15, 0.2) is 17.3 Å². The molecule has 0 unspecified atom stereocenters. The lowest BCUT2D eigenvalue weighted by Crippen LogP contribution is -2.53. The van der Waals surface area contributed by atoms with Crippen molar-refractivity contribution in [2.75, 3.05) is 44.6 Å². The average molecular weight is 994 g/mol. The van der Waals surface area contributed by atoms with Crippen LogP contribution in [-0.4, -0.2) is 118 Å². The summed E-state index contributed by atoms with van der Waals surface area (Å²) in [6.45, 7) is 7.37. The van der Waals surface area contributed by atoms with Gasteiger partial charge in [-0.15, -0.1) is 0 Å². The highest BCUT2D eigenvalue weighted by Gasteiger charge is 2.39. The number of halogens is 4. The molecule has 0 saturated carbocycles. The van der Waals surface area contributed by atoms with Crippen molar-refractivity contribution in [3.05, 3.63) is 147 Å². The third kappa shape index (κ3) is 11.1. The first-order valence-electron chi connectivity index (χ1n) is 22.5. The maximum absolute atomic E-state index is 14.7. The van der Waals surface area contributed by atoms with E-state index in [0.717, 1.165) is 27.8 Å². The smallest absolute Gasteiger partial charge is 0.435 e. The van der Waals surface area contributed by atoms with Gasteiger partial charge >= 0.3 is 18.0 Å². The van der Waals surface area contributed by atoms with Gasteiger partial charge in [-0.05, 0) is 51.8 Å². The topological polar surface area (TPSA) is 203 Å². The molecule has 3 aromatic heterocycles. The number of hydrogen-bond donors (Lipinski definition) is 1. The van der Waals surface area contributed by atoms with E-state index in [1.54, 1.807) is 96.1 Å². The number of hydrogen-bond acceptors (Lipinski definition) is 11. The molecule has 2 saturated heterocycles. The summed E-state index contributed by atoms with van der Waals surface area (Å²) in [5.41, 5.74) is -1.32. The number of amides is 4. The molecule has 5 heterocycles. The van der Waals surface area contributed by atoms with Gasteiger partial charge in [-0.2, -0.15) is 18.3 Å². The molecule has 6 aromatic rings. The van der Waals surface area contributed by atoms with Crippen molar-refractivity contribution in [2.45, 2.75) is 45.4 Å². The predicted octanol–water partition coefficient (Wildman–Crippen LogP) is 8.60. The number of aliphatic imine (C=N–C) groups is 1. The number of anilines is 1. The summed E-state index contributed by atoms with van der Waals surface area (Å²) in [5.74, 6) is -1.95. The number of pyridine rings is 1. The summed E-state index contributed by atoms with van der Waals surface area (Å²) in [5, 5.41) is 18.6. The molecule has 2 aliphatic rings. The Morgan fingerprint density at radius 3 is 2.03 bits per heavy atom. The molecule has 1 N–H and O–H groups in total. The minimum atomic E-state index is -5.01. The number of nitrogens with zero attached hydrogens (tertiary/aromatic N) is 10. The monoisotopic (exact) mass is 993 g/mol. The molecule has 18 nitrogen and oxygen atoms in total. The highest BCUT2D eigenvalue weighted by molar-refractivity contribution is 6.34. The number of imidazole rings is 1. The molecule has 22 heteroatoms. The maximum atomic E-state index is 14.7. The van der Waals surface area contributed by atoms with Gasteiger partial charge in [0, 0.05) is 81.3 Å². The van der Waals surface area contributed by atoms with Crippen LogP contribution in [0.2, 0.25) is 5.02 Å². The summed E-state index contributed by atoms with van der Waals surface area (Å²) in [7, 11) is 1.34. The number of carbonyl (C=O) groups excluding carboxylic acids is 4. The minimum Gasteiger partial charge on any atom is -0.444 e. The number of nitrogens with one attached hydrogen (secondary N) is 1. The van der Waals surface area contributed by atoms with E-state index in [1.807, 2.05) is 0 Å². The maximum Gasteiger partial charge on any atom is 0.435 e. The number of benzene rings is 3. The average Bonchev–Trinajstić information content (AvgIpc) is 3.97. The number of ether oxygens (including phenoxy) is 1. The third-order valence-electron chi connectivity index (χ3n) is 11.9. The second kappa shape index (κ2) is 20.2. The standard InChI is InChI=1S/C49H47ClF3N11O7/c1-48(2,3)71-47(68)62-19-17-32(18-20-62)45(66)60-21-23-61(24-22-60)46(67)34-16-15-33(25-36(34)50)56-44(65)43-55-27-38(59(43)4)35-29-63(58-42(35)49(51,52)53)40-26-37(39(28-54-40)64(69)70)57-41(30-11-7-5-8-12-30)31-13-9-6-10-14-31/h5-16,25-29,32H,17-24H2,1-4H3,(H,56,65). The Balaban J connectivity index is 0.951. The second-order valence-electron chi connectivity index (χ2n) is 17.8. The summed E-state index contributed by atoms with van der Waals surface area (Å²) in [6.07, 6.45) is -1.38. The molecular weight excluding hydrogens is 947 g/mol. The molecular formula is C49H47ClF3N11O7. The van der Waals surface area contributed by atoms with Gasteiger partial charge < -0.3 is 29.3 Å². The van der Waals surface area contributed by atoms with Crippen LogP contribution in [0.5, 0.6) is 0 Å². The summed E-state index contributed by atoms with van der Waals surface area (Å²) in [6, 6.07) is 23.2. The molecule has 2 fully saturated rings. The van der Waals surface area contributed by atoms with Gasteiger partial charge in [-0.3, -0.25) is 24.5 Å². The van der Waals surface area contributed by atoms with Gasteiger partial charge in [-0.1, -0.05) is 72.3 Å². The first-order chi connectivity index (χ1) is 33.8. The van der Waals surface area contributed by atoms with Crippen LogP contribution >= 0.6 is 11.6 Å². The summed E-state index contributed by atoms with van der Waals surface area (Å²) < 4.78 is 51.5.